The van der Waals surface area contributed by atoms with Crippen LogP contribution < -0.4 is 0 Å². The predicted molar refractivity (Wildman–Crippen MR) is 111 cm³/mol. The van der Waals surface area contributed by atoms with Gasteiger partial charge in [-0.25, -0.2) is 21.6 Å². The molecule has 4 rings (SSSR count). The summed E-state index contributed by atoms with van der Waals surface area (Å²) in [4.78, 5) is 14.2. The third-order valence-electron chi connectivity index (χ3n) is 6.09. The summed E-state index contributed by atoms with van der Waals surface area (Å²) in [6.07, 6.45) is 4.37. The number of thiophene rings is 1. The van der Waals surface area contributed by atoms with Crippen molar-refractivity contribution in [1.29, 1.82) is 0 Å². The van der Waals surface area contributed by atoms with E-state index >= 15 is 0 Å². The van der Waals surface area contributed by atoms with Crippen LogP contribution in [0.3, 0.4) is 0 Å². The fourth-order valence-corrected chi connectivity index (χ4v) is 6.79. The highest BCUT2D eigenvalue weighted by molar-refractivity contribution is 7.91. The lowest BCUT2D eigenvalue weighted by Crippen LogP contribution is -2.44. The highest BCUT2D eigenvalue weighted by Gasteiger charge is 2.43. The minimum Gasteiger partial charge on any atom is -0.339 e. The molecule has 0 aliphatic carbocycles. The quantitative estimate of drug-likeness (QED) is 0.503. The number of piperidine rings is 1. The molecule has 0 radical (unpaired) electrons. The van der Waals surface area contributed by atoms with E-state index in [4.69, 9.17) is 0 Å². The smallest absolute Gasteiger partial charge is 0.252 e. The van der Waals surface area contributed by atoms with E-state index in [1.165, 1.54) is 15.6 Å². The molecule has 31 heavy (non-hydrogen) atoms. The lowest BCUT2D eigenvalue weighted by molar-refractivity contribution is -0.125. The van der Waals surface area contributed by atoms with Gasteiger partial charge in [-0.2, -0.15) is 4.31 Å². The largest absolute Gasteiger partial charge is 0.339 e. The van der Waals surface area contributed by atoms with Crippen LogP contribution in [0.5, 0.6) is 0 Å². The van der Waals surface area contributed by atoms with Gasteiger partial charge in [-0.15, -0.1) is 11.3 Å². The number of halogens is 3. The first-order chi connectivity index (χ1) is 14.7. The maximum atomic E-state index is 13.8. The molecule has 1 spiro atoms. The minimum atomic E-state index is -3.48. The number of amides is 1. The molecule has 3 heterocycles. The van der Waals surface area contributed by atoms with Gasteiger partial charge in [0, 0.05) is 37.8 Å². The Morgan fingerprint density at radius 1 is 1.03 bits per heavy atom. The zero-order chi connectivity index (χ0) is 22.2. The van der Waals surface area contributed by atoms with Crippen LogP contribution in [0.25, 0.3) is 6.08 Å². The number of rotatable bonds is 4. The van der Waals surface area contributed by atoms with Crippen molar-refractivity contribution in [3.8, 4) is 0 Å². The summed E-state index contributed by atoms with van der Waals surface area (Å²) >= 11 is 1.20. The summed E-state index contributed by atoms with van der Waals surface area (Å²) in [5.74, 6) is -4.52. The van der Waals surface area contributed by atoms with Gasteiger partial charge in [0.25, 0.3) is 10.0 Å². The molecular formula is C21H21F3N2O3S2. The van der Waals surface area contributed by atoms with E-state index in [1.807, 2.05) is 0 Å². The zero-order valence-corrected chi connectivity index (χ0v) is 18.2. The number of carbonyl (C=O) groups is 1. The molecule has 1 amide bonds. The summed E-state index contributed by atoms with van der Waals surface area (Å²) < 4.78 is 67.4. The van der Waals surface area contributed by atoms with E-state index in [0.717, 1.165) is 30.7 Å². The topological polar surface area (TPSA) is 57.7 Å². The lowest BCUT2D eigenvalue weighted by atomic mass is 9.78. The van der Waals surface area contributed by atoms with E-state index in [0.29, 0.717) is 43.2 Å². The number of nitrogens with zero attached hydrogens (tertiary/aromatic N) is 2. The van der Waals surface area contributed by atoms with Gasteiger partial charge in [0.1, 0.15) is 4.21 Å². The number of sulfonamides is 1. The molecule has 0 atom stereocenters. The summed E-state index contributed by atoms with van der Waals surface area (Å²) in [5, 5.41) is 1.73. The molecule has 0 saturated carbocycles. The average molecular weight is 471 g/mol. The van der Waals surface area contributed by atoms with Crippen molar-refractivity contribution in [3.63, 3.8) is 0 Å². The summed E-state index contributed by atoms with van der Waals surface area (Å²) in [5.41, 5.74) is -0.341. The first kappa shape index (κ1) is 22.0. The van der Waals surface area contributed by atoms with Gasteiger partial charge in [-0.1, -0.05) is 6.07 Å². The number of carbonyl (C=O) groups excluding carboxylic acids is 1. The molecule has 2 aliphatic heterocycles. The van der Waals surface area contributed by atoms with Crippen molar-refractivity contribution in [2.24, 2.45) is 5.41 Å². The maximum Gasteiger partial charge on any atom is 0.252 e. The van der Waals surface area contributed by atoms with Gasteiger partial charge in [0.05, 0.1) is 0 Å². The number of benzene rings is 1. The molecule has 1 aromatic heterocycles. The Morgan fingerprint density at radius 3 is 2.42 bits per heavy atom. The van der Waals surface area contributed by atoms with E-state index in [9.17, 15) is 26.4 Å². The fraction of sp³-hybridized carbons (Fsp3) is 0.381. The molecular weight excluding hydrogens is 449 g/mol. The third kappa shape index (κ3) is 4.28. The van der Waals surface area contributed by atoms with E-state index in [1.54, 1.807) is 22.4 Å². The van der Waals surface area contributed by atoms with E-state index < -0.39 is 27.5 Å². The van der Waals surface area contributed by atoms with Crippen molar-refractivity contribution in [2.45, 2.75) is 23.5 Å². The van der Waals surface area contributed by atoms with Crippen molar-refractivity contribution >= 4 is 33.3 Å². The van der Waals surface area contributed by atoms with E-state index in [-0.39, 0.29) is 16.9 Å². The van der Waals surface area contributed by atoms with Crippen LogP contribution in [0.2, 0.25) is 0 Å². The Labute approximate surface area is 182 Å². The Kier molecular flexibility index (Phi) is 5.97. The van der Waals surface area contributed by atoms with Gasteiger partial charge in [0.15, 0.2) is 17.5 Å². The molecule has 0 N–H and O–H groups in total. The monoisotopic (exact) mass is 470 g/mol. The van der Waals surface area contributed by atoms with Crippen molar-refractivity contribution in [3.05, 3.63) is 58.7 Å². The highest BCUT2D eigenvalue weighted by Crippen LogP contribution is 2.41. The van der Waals surface area contributed by atoms with Crippen molar-refractivity contribution < 1.29 is 26.4 Å². The first-order valence-corrected chi connectivity index (χ1v) is 12.2. The van der Waals surface area contributed by atoms with Gasteiger partial charge < -0.3 is 4.90 Å². The molecule has 2 aromatic rings. The van der Waals surface area contributed by atoms with Crippen LogP contribution in [0.1, 0.15) is 24.8 Å². The zero-order valence-electron chi connectivity index (χ0n) is 16.6. The number of likely N-dealkylation sites (tertiary alicyclic amines) is 1. The molecule has 2 fully saturated rings. The standard InChI is InChI=1S/C21H21F3N2O3S2/c22-16-5-3-15(19(23)20(16)24)4-6-17(27)25-10-7-21(14-25)8-11-26(12-9-21)31(28,29)18-2-1-13-30-18/h1-6,13H,7-12,14H2/b6-4+. The molecule has 166 valence electrons. The Balaban J connectivity index is 1.37. The van der Waals surface area contributed by atoms with Gasteiger partial charge >= 0.3 is 0 Å². The summed E-state index contributed by atoms with van der Waals surface area (Å²) in [6.45, 7) is 1.81. The number of hydrogen-bond acceptors (Lipinski definition) is 4. The number of hydrogen-bond donors (Lipinski definition) is 0. The summed E-state index contributed by atoms with van der Waals surface area (Å²) in [6, 6.07) is 5.20. The second kappa shape index (κ2) is 8.40. The molecule has 1 aromatic carbocycles. The predicted octanol–water partition coefficient (Wildman–Crippen LogP) is 3.88. The van der Waals surface area contributed by atoms with Crippen molar-refractivity contribution in [1.82, 2.24) is 9.21 Å². The van der Waals surface area contributed by atoms with Crippen LogP contribution in [0, 0.1) is 22.9 Å². The highest BCUT2D eigenvalue weighted by atomic mass is 32.2. The van der Waals surface area contributed by atoms with Crippen LogP contribution in [-0.2, 0) is 14.8 Å². The fourth-order valence-electron chi connectivity index (χ4n) is 4.21. The van der Waals surface area contributed by atoms with Gasteiger partial charge in [-0.05, 0) is 54.3 Å². The Bertz CT molecular complexity index is 1110. The molecule has 10 heteroatoms. The molecule has 2 saturated heterocycles. The first-order valence-electron chi connectivity index (χ1n) is 9.86. The van der Waals surface area contributed by atoms with Gasteiger partial charge in [0.2, 0.25) is 5.91 Å². The second-order valence-corrected chi connectivity index (χ2v) is 11.1. The summed E-state index contributed by atoms with van der Waals surface area (Å²) in [7, 11) is -3.48. The lowest BCUT2D eigenvalue weighted by Gasteiger charge is -2.38. The van der Waals surface area contributed by atoms with Crippen LogP contribution in [0.4, 0.5) is 13.2 Å². The SMILES string of the molecule is O=C(/C=C/c1ccc(F)c(F)c1F)N1CCC2(CCN(S(=O)(=O)c3cccs3)CC2)C1. The maximum absolute atomic E-state index is 13.8. The van der Waals surface area contributed by atoms with Gasteiger partial charge in [-0.3, -0.25) is 4.79 Å². The van der Waals surface area contributed by atoms with Crippen LogP contribution >= 0.6 is 11.3 Å². The Morgan fingerprint density at radius 2 is 1.74 bits per heavy atom. The molecule has 5 nitrogen and oxygen atoms in total. The molecule has 0 unspecified atom stereocenters. The van der Waals surface area contributed by atoms with Crippen LogP contribution in [0.15, 0.2) is 39.9 Å². The van der Waals surface area contributed by atoms with Crippen molar-refractivity contribution in [2.75, 3.05) is 26.2 Å². The minimum absolute atomic E-state index is 0.141. The van der Waals surface area contributed by atoms with Crippen LogP contribution in [-0.4, -0.2) is 49.7 Å². The normalized spacial score (nSPS) is 19.5. The van der Waals surface area contributed by atoms with E-state index in [2.05, 4.69) is 0 Å². The Hall–Kier alpha value is -2.17. The molecule has 2 aliphatic rings. The molecule has 0 bridgehead atoms. The second-order valence-electron chi connectivity index (χ2n) is 7.94. The average Bonchev–Trinajstić information content (AvgIpc) is 3.43. The third-order valence-corrected chi connectivity index (χ3v) is 9.36.